The molecule has 0 radical (unpaired) electrons. The third-order valence-electron chi connectivity index (χ3n) is 4.34. The zero-order valence-corrected chi connectivity index (χ0v) is 16.5. The Morgan fingerprint density at radius 2 is 1.89 bits per heavy atom. The largest absolute Gasteiger partial charge is 0.493 e. The average molecular weight is 438 g/mol. The van der Waals surface area contributed by atoms with Crippen LogP contribution in [0.2, 0.25) is 0 Å². The summed E-state index contributed by atoms with van der Waals surface area (Å²) in [6.45, 7) is 1.61. The van der Waals surface area contributed by atoms with Gasteiger partial charge in [-0.05, 0) is 48.0 Å². The minimum atomic E-state index is -0.816. The topological polar surface area (TPSA) is 87.0 Å². The number of amides is 1. The van der Waals surface area contributed by atoms with E-state index in [0.717, 1.165) is 15.2 Å². The molecule has 0 spiro atoms. The van der Waals surface area contributed by atoms with Crippen LogP contribution in [0.4, 0.5) is 5.69 Å². The maximum Gasteiger partial charge on any atom is 0.304 e. The molecular formula is C21H16BrN3O3. The molecule has 1 amide bonds. The number of ether oxygens (including phenoxy) is 1. The van der Waals surface area contributed by atoms with Crippen LogP contribution in [-0.4, -0.2) is 22.1 Å². The lowest BCUT2D eigenvalue weighted by atomic mass is 10.1. The first-order valence-electron chi connectivity index (χ1n) is 8.62. The fourth-order valence-corrected chi connectivity index (χ4v) is 3.27. The van der Waals surface area contributed by atoms with Crippen LogP contribution in [0.15, 0.2) is 75.4 Å². The summed E-state index contributed by atoms with van der Waals surface area (Å²) in [6, 6.07) is 18.9. The number of H-pyrrole nitrogens is 1. The molecule has 3 aromatic carbocycles. The molecule has 0 saturated carbocycles. The van der Waals surface area contributed by atoms with E-state index in [2.05, 4.69) is 31.1 Å². The molecule has 2 N–H and O–H groups in total. The second-order valence-electron chi connectivity index (χ2n) is 6.32. The number of aromatic nitrogens is 1. The molecule has 4 rings (SSSR count). The van der Waals surface area contributed by atoms with Crippen LogP contribution < -0.4 is 4.74 Å². The van der Waals surface area contributed by atoms with E-state index in [0.29, 0.717) is 16.7 Å². The van der Waals surface area contributed by atoms with Gasteiger partial charge in [-0.15, -0.1) is 10.2 Å². The number of nitrogens with one attached hydrogen (secondary N) is 1. The predicted octanol–water partition coefficient (Wildman–Crippen LogP) is 5.87. The van der Waals surface area contributed by atoms with Crippen LogP contribution in [0, 0.1) is 0 Å². The Balaban J connectivity index is 1.52. The fraction of sp³-hybridized carbons (Fsp3) is 0.0952. The predicted molar refractivity (Wildman–Crippen MR) is 111 cm³/mol. The van der Waals surface area contributed by atoms with Crippen LogP contribution >= 0.6 is 15.9 Å². The molecule has 1 aromatic heterocycles. The number of aromatic amines is 1. The van der Waals surface area contributed by atoms with Crippen molar-refractivity contribution in [3.8, 4) is 11.6 Å². The maximum atomic E-state index is 12.3. The number of nitrogens with zero attached hydrogens (tertiary/aromatic N) is 2. The Morgan fingerprint density at radius 1 is 1.11 bits per heavy atom. The summed E-state index contributed by atoms with van der Waals surface area (Å²) in [4.78, 5) is 15.1. The number of fused-ring (bicyclic) bond motifs is 2. The zero-order valence-electron chi connectivity index (χ0n) is 14.9. The Bertz CT molecular complexity index is 1220. The van der Waals surface area contributed by atoms with E-state index in [9.17, 15) is 9.90 Å². The monoisotopic (exact) mass is 437 g/mol. The van der Waals surface area contributed by atoms with E-state index < -0.39 is 12.0 Å². The van der Waals surface area contributed by atoms with Gasteiger partial charge >= 0.3 is 5.91 Å². The minimum Gasteiger partial charge on any atom is -0.493 e. The zero-order chi connectivity index (χ0) is 19.7. The summed E-state index contributed by atoms with van der Waals surface area (Å²) in [5.74, 6) is -0.113. The first kappa shape index (κ1) is 18.2. The molecule has 0 aliphatic rings. The van der Waals surface area contributed by atoms with Crippen molar-refractivity contribution >= 4 is 49.2 Å². The van der Waals surface area contributed by atoms with Gasteiger partial charge in [0.25, 0.3) is 0 Å². The van der Waals surface area contributed by atoms with Crippen LogP contribution in [-0.2, 0) is 4.79 Å². The number of halogens is 1. The highest BCUT2D eigenvalue weighted by Crippen LogP contribution is 2.36. The summed E-state index contributed by atoms with van der Waals surface area (Å²) in [5.41, 5.74) is 0.908. The quantitative estimate of drug-likeness (QED) is 0.391. The highest BCUT2D eigenvalue weighted by Gasteiger charge is 2.16. The average Bonchev–Trinajstić information content (AvgIpc) is 3.00. The van der Waals surface area contributed by atoms with Crippen molar-refractivity contribution in [2.24, 2.45) is 10.2 Å². The summed E-state index contributed by atoms with van der Waals surface area (Å²) >= 11 is 3.38. The number of benzene rings is 3. The molecule has 1 atom stereocenters. The number of carbonyl (C=O) groups excluding carboxylic acids is 1. The lowest BCUT2D eigenvalue weighted by Gasteiger charge is -2.11. The van der Waals surface area contributed by atoms with Crippen molar-refractivity contribution in [3.05, 3.63) is 65.1 Å². The molecule has 0 fully saturated rings. The molecule has 1 unspecified atom stereocenters. The molecule has 6 nitrogen and oxygen atoms in total. The second kappa shape index (κ2) is 7.44. The Labute approximate surface area is 169 Å². The lowest BCUT2D eigenvalue weighted by Crippen LogP contribution is -2.21. The van der Waals surface area contributed by atoms with Gasteiger partial charge in [-0.25, -0.2) is 0 Å². The van der Waals surface area contributed by atoms with Gasteiger partial charge in [-0.1, -0.05) is 46.3 Å². The summed E-state index contributed by atoms with van der Waals surface area (Å²) in [7, 11) is 0. The van der Waals surface area contributed by atoms with Crippen LogP contribution in [0.25, 0.3) is 21.7 Å². The van der Waals surface area contributed by atoms with Gasteiger partial charge in [-0.2, -0.15) is 0 Å². The van der Waals surface area contributed by atoms with E-state index in [1.165, 1.54) is 0 Å². The normalized spacial score (nSPS) is 12.6. The van der Waals surface area contributed by atoms with Gasteiger partial charge in [0.15, 0.2) is 11.8 Å². The van der Waals surface area contributed by atoms with Crippen molar-refractivity contribution in [2.75, 3.05) is 0 Å². The van der Waals surface area contributed by atoms with Crippen molar-refractivity contribution in [2.45, 2.75) is 13.0 Å². The van der Waals surface area contributed by atoms with Crippen molar-refractivity contribution in [1.29, 1.82) is 0 Å². The Kier molecular flexibility index (Phi) is 4.83. The van der Waals surface area contributed by atoms with E-state index in [1.54, 1.807) is 19.1 Å². The van der Waals surface area contributed by atoms with Gasteiger partial charge in [-0.3, -0.25) is 4.79 Å². The van der Waals surface area contributed by atoms with Gasteiger partial charge in [0.2, 0.25) is 5.88 Å². The number of aromatic hydroxyl groups is 1. The molecular weight excluding hydrogens is 422 g/mol. The molecule has 4 aromatic rings. The third kappa shape index (κ3) is 3.61. The number of hydrogen-bond acceptors (Lipinski definition) is 4. The Hall–Kier alpha value is -3.19. The Morgan fingerprint density at radius 3 is 2.71 bits per heavy atom. The number of rotatable bonds is 4. The van der Waals surface area contributed by atoms with Gasteiger partial charge < -0.3 is 14.8 Å². The number of carbonyl (C=O) groups is 1. The number of hydrogen-bond donors (Lipinski definition) is 2. The first-order chi connectivity index (χ1) is 13.5. The van der Waals surface area contributed by atoms with Crippen molar-refractivity contribution in [3.63, 3.8) is 0 Å². The third-order valence-corrected chi connectivity index (χ3v) is 4.84. The number of azo groups is 1. The summed E-state index contributed by atoms with van der Waals surface area (Å²) in [5, 5.41) is 20.5. The van der Waals surface area contributed by atoms with E-state index in [-0.39, 0.29) is 11.6 Å². The van der Waals surface area contributed by atoms with Gasteiger partial charge in [0, 0.05) is 9.86 Å². The minimum absolute atomic E-state index is 0.146. The lowest BCUT2D eigenvalue weighted by molar-refractivity contribution is -0.124. The molecule has 1 heterocycles. The first-order valence-corrected chi connectivity index (χ1v) is 9.42. The van der Waals surface area contributed by atoms with Gasteiger partial charge in [0.05, 0.1) is 5.52 Å². The molecule has 0 aliphatic heterocycles. The highest BCUT2D eigenvalue weighted by molar-refractivity contribution is 9.10. The SMILES string of the molecule is CC(Oc1ccc2ccccc2c1)C(=O)N=Nc1c(O)[nH]c2ccc(Br)cc12. The highest BCUT2D eigenvalue weighted by atomic mass is 79.9. The molecule has 0 saturated heterocycles. The van der Waals surface area contributed by atoms with Crippen molar-refractivity contribution < 1.29 is 14.6 Å². The van der Waals surface area contributed by atoms with Crippen LogP contribution in [0.1, 0.15) is 6.92 Å². The van der Waals surface area contributed by atoms with Crippen molar-refractivity contribution in [1.82, 2.24) is 4.98 Å². The molecule has 140 valence electrons. The fourth-order valence-electron chi connectivity index (χ4n) is 2.91. The van der Waals surface area contributed by atoms with Crippen LogP contribution in [0.3, 0.4) is 0 Å². The molecule has 0 bridgehead atoms. The summed E-state index contributed by atoms with van der Waals surface area (Å²) in [6.07, 6.45) is -0.816. The van der Waals surface area contributed by atoms with E-state index >= 15 is 0 Å². The van der Waals surface area contributed by atoms with E-state index in [1.807, 2.05) is 48.5 Å². The smallest absolute Gasteiger partial charge is 0.304 e. The van der Waals surface area contributed by atoms with Crippen LogP contribution in [0.5, 0.6) is 11.6 Å². The standard InChI is InChI=1S/C21H16BrN3O3/c1-12(28-16-8-6-13-4-2-3-5-14(13)10-16)20(26)25-24-19-17-11-15(22)7-9-18(17)23-21(19)27/h2-12,23,27H,1H3. The summed E-state index contributed by atoms with van der Waals surface area (Å²) < 4.78 is 6.54. The maximum absolute atomic E-state index is 12.3. The second-order valence-corrected chi connectivity index (χ2v) is 7.24. The molecule has 28 heavy (non-hydrogen) atoms. The van der Waals surface area contributed by atoms with Gasteiger partial charge in [0.1, 0.15) is 5.75 Å². The van der Waals surface area contributed by atoms with E-state index in [4.69, 9.17) is 4.74 Å². The molecule has 0 aliphatic carbocycles. The molecule has 7 heteroatoms.